The largest absolute Gasteiger partial charge is 0.489 e. The molecule has 0 saturated heterocycles. The van der Waals surface area contributed by atoms with E-state index in [1.165, 1.54) is 12.1 Å². The van der Waals surface area contributed by atoms with Gasteiger partial charge in [0.25, 0.3) is 0 Å². The van der Waals surface area contributed by atoms with Crippen LogP contribution in [0.15, 0.2) is 36.4 Å². The molecule has 0 aromatic heterocycles. The van der Waals surface area contributed by atoms with E-state index in [0.717, 1.165) is 28.9 Å². The summed E-state index contributed by atoms with van der Waals surface area (Å²) in [5.74, 6) is 0.652. The molecular weight excluding hydrogens is 279 g/mol. The second-order valence-electron chi connectivity index (χ2n) is 4.95. The zero-order valence-corrected chi connectivity index (χ0v) is 11.8. The van der Waals surface area contributed by atoms with Crippen molar-refractivity contribution in [2.45, 2.75) is 26.6 Å². The molecule has 0 radical (unpaired) electrons. The van der Waals surface area contributed by atoms with Gasteiger partial charge in [-0.3, -0.25) is 0 Å². The smallest absolute Gasteiger partial charge is 0.416 e. The maximum absolute atomic E-state index is 12.5. The maximum Gasteiger partial charge on any atom is 0.416 e. The highest BCUT2D eigenvalue weighted by Crippen LogP contribution is 2.29. The van der Waals surface area contributed by atoms with Crippen LogP contribution in [0.1, 0.15) is 22.3 Å². The van der Waals surface area contributed by atoms with E-state index >= 15 is 0 Å². The Morgan fingerprint density at radius 3 is 2.00 bits per heavy atom. The van der Waals surface area contributed by atoms with E-state index in [0.29, 0.717) is 11.3 Å². The van der Waals surface area contributed by atoms with Gasteiger partial charge in [0.1, 0.15) is 12.4 Å². The number of rotatable bonds is 3. The standard InChI is InChI=1S/C16H16F3NO/c1-10-7-14(8-11(2)15(10)20)21-9-12-3-5-13(6-4-12)16(17,18)19/h3-8H,9,20H2,1-2H3. The average molecular weight is 295 g/mol. The number of nitrogen functional groups attached to an aromatic ring is 1. The lowest BCUT2D eigenvalue weighted by atomic mass is 10.1. The van der Waals surface area contributed by atoms with Crippen molar-refractivity contribution in [2.75, 3.05) is 5.73 Å². The lowest BCUT2D eigenvalue weighted by Gasteiger charge is -2.11. The van der Waals surface area contributed by atoms with Crippen LogP contribution in [0.2, 0.25) is 0 Å². The Morgan fingerprint density at radius 2 is 1.52 bits per heavy atom. The molecule has 2 rings (SSSR count). The molecule has 0 amide bonds. The number of hydrogen-bond donors (Lipinski definition) is 1. The van der Waals surface area contributed by atoms with Crippen molar-refractivity contribution in [1.29, 1.82) is 0 Å². The van der Waals surface area contributed by atoms with Crippen molar-refractivity contribution >= 4 is 5.69 Å². The molecule has 0 spiro atoms. The summed E-state index contributed by atoms with van der Waals surface area (Å²) in [6.07, 6.45) is -4.31. The molecule has 0 bridgehead atoms. The summed E-state index contributed by atoms with van der Waals surface area (Å²) >= 11 is 0. The summed E-state index contributed by atoms with van der Waals surface area (Å²) in [6.45, 7) is 3.97. The second-order valence-corrected chi connectivity index (χ2v) is 4.95. The monoisotopic (exact) mass is 295 g/mol. The van der Waals surface area contributed by atoms with Crippen molar-refractivity contribution in [2.24, 2.45) is 0 Å². The molecule has 0 aliphatic carbocycles. The number of halogens is 3. The Labute approximate surface area is 121 Å². The Hall–Kier alpha value is -2.17. The van der Waals surface area contributed by atoms with Crippen LogP contribution in [0.3, 0.4) is 0 Å². The first-order chi connectivity index (χ1) is 9.77. The van der Waals surface area contributed by atoms with Crippen molar-refractivity contribution in [3.05, 3.63) is 58.7 Å². The first-order valence-electron chi connectivity index (χ1n) is 6.43. The molecular formula is C16H16F3NO. The van der Waals surface area contributed by atoms with Gasteiger partial charge >= 0.3 is 6.18 Å². The molecule has 0 unspecified atom stereocenters. The topological polar surface area (TPSA) is 35.2 Å². The SMILES string of the molecule is Cc1cc(OCc2ccc(C(F)(F)F)cc2)cc(C)c1N. The summed E-state index contributed by atoms with van der Waals surface area (Å²) in [5.41, 5.74) is 8.42. The van der Waals surface area contributed by atoms with Crippen molar-refractivity contribution in [3.63, 3.8) is 0 Å². The van der Waals surface area contributed by atoms with E-state index in [2.05, 4.69) is 0 Å². The van der Waals surface area contributed by atoms with Crippen molar-refractivity contribution in [1.82, 2.24) is 0 Å². The maximum atomic E-state index is 12.5. The van der Waals surface area contributed by atoms with Crippen LogP contribution in [0, 0.1) is 13.8 Å². The summed E-state index contributed by atoms with van der Waals surface area (Å²) in [6, 6.07) is 8.56. The molecule has 0 aliphatic heterocycles. The third-order valence-electron chi connectivity index (χ3n) is 3.25. The zero-order chi connectivity index (χ0) is 15.6. The fourth-order valence-electron chi connectivity index (χ4n) is 1.97. The van der Waals surface area contributed by atoms with Crippen molar-refractivity contribution in [3.8, 4) is 5.75 Å². The molecule has 2 aromatic carbocycles. The minimum Gasteiger partial charge on any atom is -0.489 e. The summed E-state index contributed by atoms with van der Waals surface area (Å²) in [5, 5.41) is 0. The summed E-state index contributed by atoms with van der Waals surface area (Å²) < 4.78 is 43.0. The van der Waals surface area contributed by atoms with E-state index < -0.39 is 11.7 Å². The van der Waals surface area contributed by atoms with Crippen LogP contribution in [0.25, 0.3) is 0 Å². The average Bonchev–Trinajstić information content (AvgIpc) is 2.42. The number of aryl methyl sites for hydroxylation is 2. The lowest BCUT2D eigenvalue weighted by Crippen LogP contribution is -2.05. The van der Waals surface area contributed by atoms with Gasteiger partial charge < -0.3 is 10.5 Å². The Bertz CT molecular complexity index is 610. The molecule has 2 nitrogen and oxygen atoms in total. The molecule has 112 valence electrons. The Kier molecular flexibility index (Phi) is 4.11. The van der Waals surface area contributed by atoms with Crippen molar-refractivity contribution < 1.29 is 17.9 Å². The first kappa shape index (κ1) is 15.2. The fraction of sp³-hybridized carbons (Fsp3) is 0.250. The number of alkyl halides is 3. The lowest BCUT2D eigenvalue weighted by molar-refractivity contribution is -0.137. The van der Waals surface area contributed by atoms with Gasteiger partial charge in [0.05, 0.1) is 5.56 Å². The molecule has 2 N–H and O–H groups in total. The molecule has 2 aromatic rings. The van der Waals surface area contributed by atoms with Crippen LogP contribution in [0.4, 0.5) is 18.9 Å². The van der Waals surface area contributed by atoms with Crippen LogP contribution in [0.5, 0.6) is 5.75 Å². The summed E-state index contributed by atoms with van der Waals surface area (Å²) in [4.78, 5) is 0. The quantitative estimate of drug-likeness (QED) is 0.847. The highest BCUT2D eigenvalue weighted by molar-refractivity contribution is 5.56. The second kappa shape index (κ2) is 5.68. The molecule has 21 heavy (non-hydrogen) atoms. The van der Waals surface area contributed by atoms with Gasteiger partial charge in [0, 0.05) is 5.69 Å². The molecule has 0 saturated carbocycles. The third kappa shape index (κ3) is 3.68. The normalized spacial score (nSPS) is 11.5. The van der Waals surface area contributed by atoms with Gasteiger partial charge in [0.2, 0.25) is 0 Å². The van der Waals surface area contributed by atoms with E-state index in [1.54, 1.807) is 0 Å². The van der Waals surface area contributed by atoms with E-state index in [-0.39, 0.29) is 6.61 Å². The van der Waals surface area contributed by atoms with E-state index in [9.17, 15) is 13.2 Å². The number of ether oxygens (including phenoxy) is 1. The van der Waals surface area contributed by atoms with Gasteiger partial charge in [-0.05, 0) is 54.8 Å². The van der Waals surface area contributed by atoms with Crippen LogP contribution in [-0.4, -0.2) is 0 Å². The minimum atomic E-state index is -4.31. The number of hydrogen-bond acceptors (Lipinski definition) is 2. The molecule has 0 heterocycles. The number of anilines is 1. The van der Waals surface area contributed by atoms with Crippen LogP contribution >= 0.6 is 0 Å². The molecule has 0 aliphatic rings. The summed E-state index contributed by atoms with van der Waals surface area (Å²) in [7, 11) is 0. The Morgan fingerprint density at radius 1 is 1.00 bits per heavy atom. The van der Waals surface area contributed by atoms with Gasteiger partial charge in [-0.2, -0.15) is 13.2 Å². The molecule has 5 heteroatoms. The number of benzene rings is 2. The van der Waals surface area contributed by atoms with Crippen LogP contribution < -0.4 is 10.5 Å². The zero-order valence-electron chi connectivity index (χ0n) is 11.8. The van der Waals surface area contributed by atoms with E-state index in [4.69, 9.17) is 10.5 Å². The first-order valence-corrected chi connectivity index (χ1v) is 6.43. The predicted octanol–water partition coefficient (Wildman–Crippen LogP) is 4.48. The van der Waals surface area contributed by atoms with Gasteiger partial charge in [-0.25, -0.2) is 0 Å². The molecule has 0 fully saturated rings. The number of nitrogens with two attached hydrogens (primary N) is 1. The highest BCUT2D eigenvalue weighted by Gasteiger charge is 2.29. The van der Waals surface area contributed by atoms with Crippen LogP contribution in [-0.2, 0) is 12.8 Å². The Balaban J connectivity index is 2.07. The third-order valence-corrected chi connectivity index (χ3v) is 3.25. The van der Waals surface area contributed by atoms with Gasteiger partial charge in [-0.1, -0.05) is 12.1 Å². The highest BCUT2D eigenvalue weighted by atomic mass is 19.4. The predicted molar refractivity (Wildman–Crippen MR) is 76.1 cm³/mol. The molecule has 0 atom stereocenters. The van der Waals surface area contributed by atoms with E-state index in [1.807, 2.05) is 26.0 Å². The minimum absolute atomic E-state index is 0.209. The fourth-order valence-corrected chi connectivity index (χ4v) is 1.97. The van der Waals surface area contributed by atoms with Gasteiger partial charge in [0.15, 0.2) is 0 Å². The van der Waals surface area contributed by atoms with Gasteiger partial charge in [-0.15, -0.1) is 0 Å².